The van der Waals surface area contributed by atoms with E-state index in [1.165, 1.54) is 10.4 Å². The van der Waals surface area contributed by atoms with Crippen molar-refractivity contribution in [1.29, 1.82) is 0 Å². The number of hydrogen-bond acceptors (Lipinski definition) is 3. The van der Waals surface area contributed by atoms with Crippen LogP contribution in [0, 0.1) is 0 Å². The summed E-state index contributed by atoms with van der Waals surface area (Å²) in [6, 6.07) is 21.0. The van der Waals surface area contributed by atoms with Crippen LogP contribution in [-0.2, 0) is 9.16 Å². The third kappa shape index (κ3) is 3.58. The molecule has 2 atom stereocenters. The largest absolute Gasteiger partial charge is 0.399 e. The first-order chi connectivity index (χ1) is 11.9. The van der Waals surface area contributed by atoms with Crippen molar-refractivity contribution >= 4 is 18.7 Å². The standard InChI is InChI=1S/C21H28O3Si/c1-21(2,3)25(17-11-6-4-7-12-17,18-13-8-5-9-14-18)24-19-15-10-16-23-20(19)22/h4-9,11-14,19-20,22H,10,15-16H2,1-3H3/t19-,20-/m0/s1. The fourth-order valence-electron chi connectivity index (χ4n) is 3.77. The normalized spacial score (nSPS) is 21.9. The lowest BCUT2D eigenvalue weighted by Crippen LogP contribution is -2.68. The minimum Gasteiger partial charge on any atom is -0.399 e. The number of benzene rings is 2. The first-order valence-electron chi connectivity index (χ1n) is 9.04. The highest BCUT2D eigenvalue weighted by molar-refractivity contribution is 6.99. The van der Waals surface area contributed by atoms with Crippen LogP contribution in [0.15, 0.2) is 60.7 Å². The molecule has 2 aromatic carbocycles. The van der Waals surface area contributed by atoms with Crippen molar-refractivity contribution in [2.45, 2.75) is 51.0 Å². The Kier molecular flexibility index (Phi) is 5.44. The van der Waals surface area contributed by atoms with E-state index in [4.69, 9.17) is 9.16 Å². The van der Waals surface area contributed by atoms with Crippen LogP contribution in [0.4, 0.5) is 0 Å². The molecule has 25 heavy (non-hydrogen) atoms. The van der Waals surface area contributed by atoms with Crippen molar-refractivity contribution in [3.63, 3.8) is 0 Å². The minimum absolute atomic E-state index is 0.0904. The highest BCUT2D eigenvalue weighted by Gasteiger charge is 2.52. The van der Waals surface area contributed by atoms with Gasteiger partial charge in [-0.2, -0.15) is 0 Å². The summed E-state index contributed by atoms with van der Waals surface area (Å²) in [6.45, 7) is 7.33. The van der Waals surface area contributed by atoms with E-state index >= 15 is 0 Å². The van der Waals surface area contributed by atoms with Gasteiger partial charge in [0.1, 0.15) is 0 Å². The Balaban J connectivity index is 2.15. The fourth-order valence-corrected chi connectivity index (χ4v) is 8.48. The molecule has 0 aliphatic carbocycles. The van der Waals surface area contributed by atoms with Crippen LogP contribution < -0.4 is 10.4 Å². The third-order valence-corrected chi connectivity index (χ3v) is 10.0. The smallest absolute Gasteiger partial charge is 0.261 e. The molecule has 0 saturated carbocycles. The fraction of sp³-hybridized carbons (Fsp3) is 0.429. The van der Waals surface area contributed by atoms with Crippen LogP contribution >= 0.6 is 0 Å². The molecule has 0 bridgehead atoms. The van der Waals surface area contributed by atoms with Crippen LogP contribution in [0.5, 0.6) is 0 Å². The number of aliphatic hydroxyl groups excluding tert-OH is 1. The molecule has 0 radical (unpaired) electrons. The van der Waals surface area contributed by atoms with E-state index in [0.717, 1.165) is 12.8 Å². The van der Waals surface area contributed by atoms with Crippen molar-refractivity contribution in [2.75, 3.05) is 6.61 Å². The van der Waals surface area contributed by atoms with Gasteiger partial charge in [0.05, 0.1) is 6.10 Å². The average Bonchev–Trinajstić information content (AvgIpc) is 2.61. The first-order valence-corrected chi connectivity index (χ1v) is 10.9. The van der Waals surface area contributed by atoms with Gasteiger partial charge in [-0.25, -0.2) is 0 Å². The Morgan fingerprint density at radius 2 is 1.48 bits per heavy atom. The summed E-state index contributed by atoms with van der Waals surface area (Å²) in [6.07, 6.45) is 0.599. The van der Waals surface area contributed by atoms with Gasteiger partial charge >= 0.3 is 0 Å². The molecule has 0 aromatic heterocycles. The van der Waals surface area contributed by atoms with Gasteiger partial charge in [-0.1, -0.05) is 81.4 Å². The van der Waals surface area contributed by atoms with Gasteiger partial charge in [0.25, 0.3) is 8.32 Å². The monoisotopic (exact) mass is 356 g/mol. The second kappa shape index (κ2) is 7.42. The molecule has 1 N–H and O–H groups in total. The van der Waals surface area contributed by atoms with Gasteiger partial charge in [-0.3, -0.25) is 0 Å². The summed E-state index contributed by atoms with van der Waals surface area (Å²) in [5.41, 5.74) is 0. The molecule has 3 nitrogen and oxygen atoms in total. The quantitative estimate of drug-likeness (QED) is 0.856. The van der Waals surface area contributed by atoms with Crippen LogP contribution in [0.1, 0.15) is 33.6 Å². The molecule has 1 saturated heterocycles. The van der Waals surface area contributed by atoms with E-state index in [2.05, 4.69) is 69.3 Å². The summed E-state index contributed by atoms with van der Waals surface area (Å²) in [7, 11) is -2.62. The first kappa shape index (κ1) is 18.3. The maximum absolute atomic E-state index is 10.4. The zero-order valence-electron chi connectivity index (χ0n) is 15.3. The maximum Gasteiger partial charge on any atom is 0.261 e. The lowest BCUT2D eigenvalue weighted by molar-refractivity contribution is -0.179. The molecule has 4 heteroatoms. The van der Waals surface area contributed by atoms with E-state index in [9.17, 15) is 5.11 Å². The van der Waals surface area contributed by atoms with Crippen LogP contribution in [0.3, 0.4) is 0 Å². The average molecular weight is 357 g/mol. The summed E-state index contributed by atoms with van der Waals surface area (Å²) in [5.74, 6) is 0. The van der Waals surface area contributed by atoms with Crippen molar-refractivity contribution in [3.8, 4) is 0 Å². The second-order valence-corrected chi connectivity index (χ2v) is 12.0. The molecule has 0 amide bonds. The van der Waals surface area contributed by atoms with E-state index in [-0.39, 0.29) is 11.1 Å². The Hall–Kier alpha value is -1.46. The Bertz CT molecular complexity index is 627. The molecule has 1 aliphatic heterocycles. The van der Waals surface area contributed by atoms with Crippen LogP contribution in [-0.4, -0.2) is 32.4 Å². The van der Waals surface area contributed by atoms with E-state index in [1.54, 1.807) is 0 Å². The lowest BCUT2D eigenvalue weighted by atomic mass is 10.1. The van der Waals surface area contributed by atoms with Crippen LogP contribution in [0.25, 0.3) is 0 Å². The molecule has 3 rings (SSSR count). The van der Waals surface area contributed by atoms with Crippen LogP contribution in [0.2, 0.25) is 5.04 Å². The topological polar surface area (TPSA) is 38.7 Å². The molecule has 0 spiro atoms. The predicted molar refractivity (Wildman–Crippen MR) is 104 cm³/mol. The molecule has 134 valence electrons. The summed E-state index contributed by atoms with van der Waals surface area (Å²) < 4.78 is 12.4. The molecule has 1 fully saturated rings. The number of rotatable bonds is 4. The number of aliphatic hydroxyl groups is 1. The summed E-state index contributed by atoms with van der Waals surface area (Å²) >= 11 is 0. The molecular formula is C21H28O3Si. The van der Waals surface area contributed by atoms with Gasteiger partial charge in [-0.05, 0) is 28.3 Å². The predicted octanol–water partition coefficient (Wildman–Crippen LogP) is 3.06. The third-order valence-electron chi connectivity index (χ3n) is 4.98. The Morgan fingerprint density at radius 1 is 0.960 bits per heavy atom. The van der Waals surface area contributed by atoms with Crippen molar-refractivity contribution in [3.05, 3.63) is 60.7 Å². The van der Waals surface area contributed by atoms with Gasteiger partial charge in [-0.15, -0.1) is 0 Å². The Labute approximate surface area is 151 Å². The highest BCUT2D eigenvalue weighted by atomic mass is 28.4. The number of hydrogen-bond donors (Lipinski definition) is 1. The maximum atomic E-state index is 10.4. The van der Waals surface area contributed by atoms with E-state index < -0.39 is 14.6 Å². The summed E-state index contributed by atoms with van der Waals surface area (Å²) in [5, 5.41) is 12.7. The molecule has 1 aliphatic rings. The van der Waals surface area contributed by atoms with Crippen molar-refractivity contribution in [1.82, 2.24) is 0 Å². The number of ether oxygens (including phenoxy) is 1. The van der Waals surface area contributed by atoms with Gasteiger partial charge in [0.2, 0.25) is 0 Å². The molecule has 2 aromatic rings. The van der Waals surface area contributed by atoms with Gasteiger partial charge < -0.3 is 14.3 Å². The van der Waals surface area contributed by atoms with Crippen molar-refractivity contribution < 1.29 is 14.3 Å². The zero-order valence-corrected chi connectivity index (χ0v) is 16.3. The van der Waals surface area contributed by atoms with E-state index in [1.807, 2.05) is 12.1 Å². The molecule has 1 heterocycles. The summed E-state index contributed by atoms with van der Waals surface area (Å²) in [4.78, 5) is 0. The zero-order chi connectivity index (χ0) is 17.9. The second-order valence-electron chi connectivity index (χ2n) is 7.72. The Morgan fingerprint density at radius 3 is 1.92 bits per heavy atom. The molecular weight excluding hydrogens is 328 g/mol. The van der Waals surface area contributed by atoms with Gasteiger partial charge in [0, 0.05) is 6.61 Å². The van der Waals surface area contributed by atoms with Crippen molar-refractivity contribution in [2.24, 2.45) is 0 Å². The minimum atomic E-state index is -2.62. The lowest BCUT2D eigenvalue weighted by Gasteiger charge is -2.46. The van der Waals surface area contributed by atoms with Gasteiger partial charge in [0.15, 0.2) is 6.29 Å². The SMILES string of the molecule is CC(C)(C)[Si](O[C@H]1CCCO[C@@H]1O)(c1ccccc1)c1ccccc1. The molecule has 0 unspecified atom stereocenters. The van der Waals surface area contributed by atoms with E-state index in [0.29, 0.717) is 6.61 Å². The highest BCUT2D eigenvalue weighted by Crippen LogP contribution is 2.38.